The highest BCUT2D eigenvalue weighted by Crippen LogP contribution is 2.21. The molecular weight excluding hydrogens is 380 g/mol. The normalized spacial score (nSPS) is 12.5. The molecule has 1 aromatic carbocycles. The molecule has 0 aliphatic heterocycles. The van der Waals surface area contributed by atoms with E-state index in [-0.39, 0.29) is 0 Å². The summed E-state index contributed by atoms with van der Waals surface area (Å²) in [6.07, 6.45) is 0. The van der Waals surface area contributed by atoms with Crippen molar-refractivity contribution >= 4 is 39.5 Å². The third-order valence-corrected chi connectivity index (χ3v) is 5.19. The number of benzene rings is 1. The minimum atomic E-state index is 0.588. The molecule has 0 saturated carbocycles. The maximum absolute atomic E-state index is 5.36. The standard InChI is InChI=1S/C15H15BrN4S2/c1-19(9-12-7-8-13(16)22-12)10-20-15(21)17-14(18-20)11-5-3-2-4-6-11/h2-8H,9-10H2,1H3,(H,17,18,21)/p+1. The fraction of sp³-hybridized carbons (Fsp3) is 0.200. The summed E-state index contributed by atoms with van der Waals surface area (Å²) < 4.78 is 3.68. The van der Waals surface area contributed by atoms with E-state index < -0.39 is 0 Å². The van der Waals surface area contributed by atoms with Crippen LogP contribution in [-0.2, 0) is 13.2 Å². The van der Waals surface area contributed by atoms with Gasteiger partial charge in [0.1, 0.15) is 6.54 Å². The zero-order valence-corrected chi connectivity index (χ0v) is 15.3. The van der Waals surface area contributed by atoms with Gasteiger partial charge in [0.25, 0.3) is 0 Å². The van der Waals surface area contributed by atoms with Crippen molar-refractivity contribution in [1.29, 1.82) is 0 Å². The van der Waals surface area contributed by atoms with Crippen LogP contribution < -0.4 is 4.90 Å². The molecule has 0 spiro atoms. The van der Waals surface area contributed by atoms with Gasteiger partial charge in [-0.15, -0.1) is 11.3 Å². The molecular formula is C15H16BrN4S2+. The van der Waals surface area contributed by atoms with Gasteiger partial charge in [0.15, 0.2) is 12.5 Å². The number of quaternary nitrogens is 1. The van der Waals surface area contributed by atoms with Crippen molar-refractivity contribution in [2.24, 2.45) is 0 Å². The summed E-state index contributed by atoms with van der Waals surface area (Å²) in [4.78, 5) is 7.14. The number of nitrogens with one attached hydrogen (secondary N) is 2. The Labute approximate surface area is 146 Å². The topological polar surface area (TPSA) is 38.0 Å². The van der Waals surface area contributed by atoms with Crippen LogP contribution in [0.4, 0.5) is 0 Å². The number of hydrogen-bond acceptors (Lipinski definition) is 3. The first-order chi connectivity index (χ1) is 10.6. The molecule has 0 saturated heterocycles. The van der Waals surface area contributed by atoms with Crippen LogP contribution in [0, 0.1) is 4.77 Å². The second-order valence-corrected chi connectivity index (χ2v) is 8.06. The third-order valence-electron chi connectivity index (χ3n) is 3.26. The number of H-pyrrole nitrogens is 1. The van der Waals surface area contributed by atoms with Gasteiger partial charge in [-0.2, -0.15) is 4.98 Å². The Balaban J connectivity index is 1.73. The van der Waals surface area contributed by atoms with Crippen molar-refractivity contribution in [3.05, 3.63) is 55.9 Å². The highest BCUT2D eigenvalue weighted by molar-refractivity contribution is 9.11. The predicted octanol–water partition coefficient (Wildman–Crippen LogP) is 3.10. The average molecular weight is 396 g/mol. The molecule has 0 bridgehead atoms. The number of hydrogen-bond donors (Lipinski definition) is 2. The van der Waals surface area contributed by atoms with Crippen LogP contribution >= 0.6 is 39.5 Å². The molecule has 7 heteroatoms. The Hall–Kier alpha value is -1.28. The molecule has 0 aliphatic carbocycles. The summed E-state index contributed by atoms with van der Waals surface area (Å²) in [5.74, 6) is 0.817. The van der Waals surface area contributed by atoms with E-state index >= 15 is 0 Å². The lowest BCUT2D eigenvalue weighted by atomic mass is 10.2. The first-order valence-corrected chi connectivity index (χ1v) is 8.91. The largest absolute Gasteiger partial charge is 0.314 e. The molecule has 1 atom stereocenters. The number of halogens is 1. The Morgan fingerprint density at radius 2 is 2.05 bits per heavy atom. The van der Waals surface area contributed by atoms with Gasteiger partial charge in [-0.3, -0.25) is 5.10 Å². The van der Waals surface area contributed by atoms with E-state index in [2.05, 4.69) is 45.2 Å². The van der Waals surface area contributed by atoms with E-state index in [0.29, 0.717) is 4.77 Å². The monoisotopic (exact) mass is 395 g/mol. The zero-order chi connectivity index (χ0) is 15.5. The van der Waals surface area contributed by atoms with E-state index in [4.69, 9.17) is 12.2 Å². The summed E-state index contributed by atoms with van der Waals surface area (Å²) in [7, 11) is 2.15. The van der Waals surface area contributed by atoms with Gasteiger partial charge in [0.2, 0.25) is 4.77 Å². The van der Waals surface area contributed by atoms with Crippen molar-refractivity contribution in [2.75, 3.05) is 7.05 Å². The molecule has 0 fully saturated rings. The van der Waals surface area contributed by atoms with E-state index in [9.17, 15) is 0 Å². The van der Waals surface area contributed by atoms with Gasteiger partial charge in [-0.1, -0.05) is 30.3 Å². The van der Waals surface area contributed by atoms with Crippen LogP contribution in [0.5, 0.6) is 0 Å². The Kier molecular flexibility index (Phi) is 4.87. The maximum atomic E-state index is 5.36. The fourth-order valence-electron chi connectivity index (χ4n) is 2.26. The Bertz CT molecular complexity index is 806. The Morgan fingerprint density at radius 1 is 1.27 bits per heavy atom. The summed E-state index contributed by atoms with van der Waals surface area (Å²) in [5, 5.41) is 3.29. The molecule has 0 radical (unpaired) electrons. The minimum absolute atomic E-state index is 0.588. The molecule has 22 heavy (non-hydrogen) atoms. The number of nitrogens with zero attached hydrogens (tertiary/aromatic N) is 2. The van der Waals surface area contributed by atoms with Crippen LogP contribution in [0.3, 0.4) is 0 Å². The number of aromatic amines is 1. The van der Waals surface area contributed by atoms with Gasteiger partial charge in [0.05, 0.1) is 15.7 Å². The summed E-state index contributed by atoms with van der Waals surface area (Å²) in [5.41, 5.74) is 1.05. The molecule has 0 aliphatic rings. The maximum Gasteiger partial charge on any atom is 0.221 e. The van der Waals surface area contributed by atoms with E-state index in [0.717, 1.165) is 24.6 Å². The Morgan fingerprint density at radius 3 is 2.73 bits per heavy atom. The smallest absolute Gasteiger partial charge is 0.221 e. The van der Waals surface area contributed by atoms with Crippen LogP contribution in [0.15, 0.2) is 46.3 Å². The van der Waals surface area contributed by atoms with Crippen LogP contribution in [0.2, 0.25) is 0 Å². The fourth-order valence-corrected chi connectivity index (χ4v) is 4.06. The first-order valence-electron chi connectivity index (χ1n) is 6.89. The first kappa shape index (κ1) is 15.6. The second kappa shape index (κ2) is 6.87. The molecule has 114 valence electrons. The highest BCUT2D eigenvalue weighted by atomic mass is 79.9. The minimum Gasteiger partial charge on any atom is -0.314 e. The molecule has 2 heterocycles. The van der Waals surface area contributed by atoms with Gasteiger partial charge in [-0.05, 0) is 40.3 Å². The van der Waals surface area contributed by atoms with Crippen molar-refractivity contribution < 1.29 is 4.90 Å². The molecule has 1 unspecified atom stereocenters. The number of thiophene rings is 1. The van der Waals surface area contributed by atoms with Crippen LogP contribution in [-0.4, -0.2) is 21.8 Å². The van der Waals surface area contributed by atoms with E-state index in [1.807, 2.05) is 35.0 Å². The van der Waals surface area contributed by atoms with Crippen LogP contribution in [0.1, 0.15) is 4.88 Å². The number of aromatic nitrogens is 3. The van der Waals surface area contributed by atoms with E-state index in [1.54, 1.807) is 11.3 Å². The third kappa shape index (κ3) is 3.73. The SMILES string of the molecule is C[NH+](Cc1ccc(Br)s1)Cn1[nH]c(-c2ccccc2)nc1=S. The molecule has 0 amide bonds. The van der Waals surface area contributed by atoms with Crippen molar-refractivity contribution in [1.82, 2.24) is 14.8 Å². The molecule has 2 N–H and O–H groups in total. The molecule has 3 rings (SSSR count). The predicted molar refractivity (Wildman–Crippen MR) is 95.5 cm³/mol. The summed E-state index contributed by atoms with van der Waals surface area (Å²) in [6, 6.07) is 14.3. The van der Waals surface area contributed by atoms with Gasteiger partial charge in [-0.25, -0.2) is 4.68 Å². The molecule has 2 aromatic heterocycles. The lowest BCUT2D eigenvalue weighted by molar-refractivity contribution is -0.917. The molecule has 4 nitrogen and oxygen atoms in total. The summed E-state index contributed by atoms with van der Waals surface area (Å²) >= 11 is 10.6. The van der Waals surface area contributed by atoms with Crippen LogP contribution in [0.25, 0.3) is 11.4 Å². The van der Waals surface area contributed by atoms with Gasteiger partial charge in [0, 0.05) is 5.56 Å². The lowest BCUT2D eigenvalue weighted by Gasteiger charge is -2.12. The molecule has 3 aromatic rings. The average Bonchev–Trinajstić information content (AvgIpc) is 3.07. The number of rotatable bonds is 5. The van der Waals surface area contributed by atoms with Gasteiger partial charge < -0.3 is 4.90 Å². The zero-order valence-electron chi connectivity index (χ0n) is 12.0. The summed E-state index contributed by atoms with van der Waals surface area (Å²) in [6.45, 7) is 1.71. The lowest BCUT2D eigenvalue weighted by Crippen LogP contribution is -3.06. The van der Waals surface area contributed by atoms with Gasteiger partial charge >= 0.3 is 0 Å². The second-order valence-electron chi connectivity index (χ2n) is 5.15. The quantitative estimate of drug-likeness (QED) is 0.651. The highest BCUT2D eigenvalue weighted by Gasteiger charge is 2.10. The van der Waals surface area contributed by atoms with E-state index in [1.165, 1.54) is 13.6 Å². The van der Waals surface area contributed by atoms with Crippen molar-refractivity contribution in [3.8, 4) is 11.4 Å². The van der Waals surface area contributed by atoms with Crippen molar-refractivity contribution in [3.63, 3.8) is 0 Å². The van der Waals surface area contributed by atoms with Crippen molar-refractivity contribution in [2.45, 2.75) is 13.2 Å².